The highest BCUT2D eigenvalue weighted by molar-refractivity contribution is 5.95. The fraction of sp³-hybridized carbons (Fsp3) is 0.552. The number of ketones is 1. The van der Waals surface area contributed by atoms with E-state index in [-0.39, 0.29) is 17.6 Å². The quantitative estimate of drug-likeness (QED) is 0.724. The van der Waals surface area contributed by atoms with E-state index in [0.29, 0.717) is 25.0 Å². The second-order valence-corrected chi connectivity index (χ2v) is 12.0. The zero-order valence-corrected chi connectivity index (χ0v) is 19.4. The third-order valence-corrected chi connectivity index (χ3v) is 10.4. The third-order valence-electron chi connectivity index (χ3n) is 10.4. The van der Waals surface area contributed by atoms with Crippen LogP contribution in [0.4, 0.5) is 0 Å². The molecular formula is C29H31NO4. The van der Waals surface area contributed by atoms with Crippen molar-refractivity contribution in [2.75, 3.05) is 13.1 Å². The molecule has 0 aromatic heterocycles. The lowest BCUT2D eigenvalue weighted by Gasteiger charge is -2.66. The molecule has 0 radical (unpaired) electrons. The van der Waals surface area contributed by atoms with Gasteiger partial charge >= 0.3 is 0 Å². The first-order valence-corrected chi connectivity index (χ1v) is 13.0. The fourth-order valence-electron chi connectivity index (χ4n) is 8.68. The Labute approximate surface area is 199 Å². The molecule has 4 aliphatic carbocycles. The molecule has 176 valence electrons. The predicted octanol–water partition coefficient (Wildman–Crippen LogP) is 3.31. The van der Waals surface area contributed by atoms with Crippen LogP contribution in [0, 0.1) is 11.3 Å². The number of phenols is 1. The van der Waals surface area contributed by atoms with Gasteiger partial charge in [0.05, 0.1) is 11.0 Å². The first-order valence-electron chi connectivity index (χ1n) is 13.0. The largest absolute Gasteiger partial charge is 0.504 e. The minimum absolute atomic E-state index is 0.0157. The smallest absolute Gasteiger partial charge is 0.180 e. The molecule has 8 rings (SSSR count). The number of aliphatic hydroxyl groups is 1. The molecule has 6 aliphatic rings. The average molecular weight is 458 g/mol. The van der Waals surface area contributed by atoms with Crippen molar-refractivity contribution in [2.24, 2.45) is 11.3 Å². The third kappa shape index (κ3) is 2.22. The molecular weight excluding hydrogens is 426 g/mol. The topological polar surface area (TPSA) is 70.0 Å². The van der Waals surface area contributed by atoms with Crippen LogP contribution >= 0.6 is 0 Å². The number of ether oxygens (including phenoxy) is 1. The van der Waals surface area contributed by atoms with Crippen molar-refractivity contribution in [3.8, 4) is 11.5 Å². The summed E-state index contributed by atoms with van der Waals surface area (Å²) in [6.07, 6.45) is 6.09. The van der Waals surface area contributed by atoms with Gasteiger partial charge in [0.2, 0.25) is 0 Å². The van der Waals surface area contributed by atoms with E-state index in [2.05, 4.69) is 29.2 Å². The highest BCUT2D eigenvalue weighted by Crippen LogP contribution is 2.68. The lowest BCUT2D eigenvalue weighted by molar-refractivity contribution is -0.211. The highest BCUT2D eigenvalue weighted by atomic mass is 16.5. The van der Waals surface area contributed by atoms with Gasteiger partial charge in [0, 0.05) is 23.6 Å². The molecule has 5 heteroatoms. The Balaban J connectivity index is 1.32. The van der Waals surface area contributed by atoms with Gasteiger partial charge in [0.1, 0.15) is 0 Å². The number of fused-ring (bicyclic) bond motifs is 1. The molecule has 2 N–H and O–H groups in total. The van der Waals surface area contributed by atoms with E-state index in [1.54, 1.807) is 6.07 Å². The first-order chi connectivity index (χ1) is 16.5. The number of hydrogen-bond donors (Lipinski definition) is 2. The van der Waals surface area contributed by atoms with Gasteiger partial charge in [-0.3, -0.25) is 9.69 Å². The molecule has 2 saturated carbocycles. The summed E-state index contributed by atoms with van der Waals surface area (Å²) in [6.45, 7) is 1.92. The zero-order valence-electron chi connectivity index (χ0n) is 19.4. The Morgan fingerprint density at radius 2 is 1.88 bits per heavy atom. The summed E-state index contributed by atoms with van der Waals surface area (Å²) in [7, 11) is 0. The summed E-state index contributed by atoms with van der Waals surface area (Å²) in [5.74, 6) is 1.44. The second-order valence-electron chi connectivity index (χ2n) is 12.0. The van der Waals surface area contributed by atoms with Crippen LogP contribution in [-0.2, 0) is 29.5 Å². The van der Waals surface area contributed by atoms with E-state index in [9.17, 15) is 15.0 Å². The maximum absolute atomic E-state index is 14.4. The molecule has 2 unspecified atom stereocenters. The Morgan fingerprint density at radius 3 is 2.71 bits per heavy atom. The van der Waals surface area contributed by atoms with E-state index >= 15 is 0 Å². The Hall–Kier alpha value is -2.37. The number of hydrogen-bond acceptors (Lipinski definition) is 5. The average Bonchev–Trinajstić information content (AvgIpc) is 3.57. The normalized spacial score (nSPS) is 39.5. The standard InChI is InChI=1S/C29H31NO4/c31-21-8-7-19-13-22-29(33)16-27(10-9-18-3-1-2-4-20(18)14-27)25(32)26-28(29,23(19)24(21)34-26)11-12-30(22)15-17-5-6-17/h1-4,7-8,17,22,26,31,33H,5-6,9-16H2/t22?,26-,27+,28?,29+/m0/s1. The summed E-state index contributed by atoms with van der Waals surface area (Å²) < 4.78 is 6.45. The summed E-state index contributed by atoms with van der Waals surface area (Å²) in [4.78, 5) is 17.0. The molecule has 2 bridgehead atoms. The minimum Gasteiger partial charge on any atom is -0.504 e. The molecule has 3 fully saturated rings. The van der Waals surface area contributed by atoms with Gasteiger partial charge in [-0.2, -0.15) is 0 Å². The van der Waals surface area contributed by atoms with Crippen molar-refractivity contribution in [1.82, 2.24) is 4.90 Å². The van der Waals surface area contributed by atoms with E-state index in [4.69, 9.17) is 4.74 Å². The van der Waals surface area contributed by atoms with Gasteiger partial charge in [-0.05, 0) is 86.6 Å². The summed E-state index contributed by atoms with van der Waals surface area (Å²) in [5.41, 5.74) is 2.22. The number of piperidine rings is 1. The molecule has 2 heterocycles. The number of nitrogens with zero attached hydrogens (tertiary/aromatic N) is 1. The molecule has 5 atom stereocenters. The number of likely N-dealkylation sites (tertiary alicyclic amines) is 1. The SMILES string of the molecule is O=C1[C@@H]2Oc3c(O)ccc4c3C23CCN(CC2CC2)C(C4)[C@]3(O)C[C@]12CCc1ccccc1C2. The summed E-state index contributed by atoms with van der Waals surface area (Å²) in [5, 5.41) is 23.7. The number of carbonyl (C=O) groups excluding carboxylic acids is 1. The number of Topliss-reactive ketones (excluding diaryl/α,β-unsaturated/α-hetero) is 1. The van der Waals surface area contributed by atoms with Crippen molar-refractivity contribution < 1.29 is 19.7 Å². The zero-order chi connectivity index (χ0) is 22.9. The number of carbonyl (C=O) groups is 1. The number of aryl methyl sites for hydroxylation is 1. The molecule has 2 aliphatic heterocycles. The van der Waals surface area contributed by atoms with Crippen LogP contribution < -0.4 is 4.74 Å². The lowest BCUT2D eigenvalue weighted by Crippen LogP contribution is -2.79. The van der Waals surface area contributed by atoms with Gasteiger partial charge in [-0.15, -0.1) is 0 Å². The molecule has 2 spiro atoms. The van der Waals surface area contributed by atoms with Crippen molar-refractivity contribution in [3.05, 3.63) is 58.7 Å². The summed E-state index contributed by atoms with van der Waals surface area (Å²) in [6, 6.07) is 12.1. The fourth-order valence-corrected chi connectivity index (χ4v) is 8.68. The molecule has 2 aromatic rings. The van der Waals surface area contributed by atoms with Gasteiger partial charge in [0.15, 0.2) is 23.4 Å². The van der Waals surface area contributed by atoms with Crippen molar-refractivity contribution in [3.63, 3.8) is 0 Å². The van der Waals surface area contributed by atoms with Crippen LogP contribution in [0.15, 0.2) is 36.4 Å². The maximum atomic E-state index is 14.4. The minimum atomic E-state index is -1.04. The molecule has 1 saturated heterocycles. The van der Waals surface area contributed by atoms with E-state index in [1.807, 2.05) is 6.07 Å². The van der Waals surface area contributed by atoms with E-state index in [1.165, 1.54) is 24.0 Å². The molecule has 0 amide bonds. The monoisotopic (exact) mass is 457 g/mol. The van der Waals surface area contributed by atoms with Gasteiger partial charge < -0.3 is 14.9 Å². The Bertz CT molecular complexity index is 1250. The number of phenolic OH excluding ortho intramolecular Hbond substituents is 1. The van der Waals surface area contributed by atoms with E-state index in [0.717, 1.165) is 49.4 Å². The van der Waals surface area contributed by atoms with Crippen LogP contribution in [-0.4, -0.2) is 51.7 Å². The first kappa shape index (κ1) is 19.9. The predicted molar refractivity (Wildman–Crippen MR) is 126 cm³/mol. The number of rotatable bonds is 2. The number of benzene rings is 2. The van der Waals surface area contributed by atoms with Gasteiger partial charge in [-0.1, -0.05) is 30.3 Å². The summed E-state index contributed by atoms with van der Waals surface area (Å²) >= 11 is 0. The Morgan fingerprint density at radius 1 is 1.06 bits per heavy atom. The van der Waals surface area contributed by atoms with Gasteiger partial charge in [0.25, 0.3) is 0 Å². The van der Waals surface area contributed by atoms with Crippen LogP contribution in [0.25, 0.3) is 0 Å². The van der Waals surface area contributed by atoms with Crippen LogP contribution in [0.5, 0.6) is 11.5 Å². The number of aromatic hydroxyl groups is 1. The van der Waals surface area contributed by atoms with Crippen molar-refractivity contribution in [1.29, 1.82) is 0 Å². The lowest BCUT2D eigenvalue weighted by atomic mass is 9.43. The van der Waals surface area contributed by atoms with Crippen LogP contribution in [0.3, 0.4) is 0 Å². The highest BCUT2D eigenvalue weighted by Gasteiger charge is 2.77. The molecule has 5 nitrogen and oxygen atoms in total. The van der Waals surface area contributed by atoms with Crippen molar-refractivity contribution in [2.45, 2.75) is 74.5 Å². The van der Waals surface area contributed by atoms with Gasteiger partial charge in [-0.25, -0.2) is 0 Å². The maximum Gasteiger partial charge on any atom is 0.180 e. The van der Waals surface area contributed by atoms with Crippen molar-refractivity contribution >= 4 is 5.78 Å². The molecule has 2 aromatic carbocycles. The molecule has 34 heavy (non-hydrogen) atoms. The Kier molecular flexibility index (Phi) is 3.65. The van der Waals surface area contributed by atoms with Crippen LogP contribution in [0.1, 0.15) is 54.4 Å². The second kappa shape index (κ2) is 6.24. The van der Waals surface area contributed by atoms with E-state index < -0.39 is 22.5 Å². The van der Waals surface area contributed by atoms with Crippen LogP contribution in [0.2, 0.25) is 0 Å².